The molecule has 3 nitrogen and oxygen atoms in total. The van der Waals surface area contributed by atoms with Crippen LogP contribution in [0.1, 0.15) is 19.3 Å². The van der Waals surface area contributed by atoms with E-state index in [4.69, 9.17) is 0 Å². The van der Waals surface area contributed by atoms with Gasteiger partial charge in [-0.2, -0.15) is 4.31 Å². The lowest BCUT2D eigenvalue weighted by Gasteiger charge is -2.29. The van der Waals surface area contributed by atoms with Crippen molar-refractivity contribution in [2.24, 2.45) is 0 Å². The van der Waals surface area contributed by atoms with Gasteiger partial charge in [0.25, 0.3) is 10.0 Å². The molecule has 0 aliphatic carbocycles. The van der Waals surface area contributed by atoms with Gasteiger partial charge in [0, 0.05) is 12.1 Å². The lowest BCUT2D eigenvalue weighted by atomic mass is 10.2. The van der Waals surface area contributed by atoms with Crippen molar-refractivity contribution in [2.75, 3.05) is 0 Å². The van der Waals surface area contributed by atoms with Crippen LogP contribution in [0.25, 0.3) is 0 Å². The van der Waals surface area contributed by atoms with Gasteiger partial charge in [-0.05, 0) is 30.7 Å². The zero-order valence-electron chi connectivity index (χ0n) is 8.74. The first-order valence-corrected chi connectivity index (χ1v) is 7.75. The minimum absolute atomic E-state index is 0.0887. The van der Waals surface area contributed by atoms with Gasteiger partial charge < -0.3 is 0 Å². The Kier molecular flexibility index (Phi) is 2.42. The predicted octanol–water partition coefficient (Wildman–Crippen LogP) is 2.23. The van der Waals surface area contributed by atoms with Crippen LogP contribution in [0.15, 0.2) is 33.9 Å². The maximum atomic E-state index is 12.4. The average Bonchev–Trinajstić information content (AvgIpc) is 2.86. The number of hydrogen-bond donors (Lipinski definition) is 0. The van der Waals surface area contributed by atoms with Gasteiger partial charge in [-0.15, -0.1) is 11.3 Å². The van der Waals surface area contributed by atoms with E-state index in [9.17, 15) is 8.42 Å². The first-order valence-electron chi connectivity index (χ1n) is 5.43. The zero-order chi connectivity index (χ0) is 11.2. The number of sulfonamides is 1. The monoisotopic (exact) mass is 255 g/mol. The minimum Gasteiger partial charge on any atom is -0.206 e. The van der Waals surface area contributed by atoms with E-state index < -0.39 is 10.0 Å². The maximum absolute atomic E-state index is 12.4. The Morgan fingerprint density at radius 1 is 1.38 bits per heavy atom. The van der Waals surface area contributed by atoms with E-state index in [2.05, 4.69) is 6.08 Å². The molecule has 1 aromatic rings. The number of rotatable bonds is 2. The third-order valence-electron chi connectivity index (χ3n) is 3.28. The van der Waals surface area contributed by atoms with E-state index in [0.29, 0.717) is 4.21 Å². The summed E-state index contributed by atoms with van der Waals surface area (Å²) in [6, 6.07) is 3.75. The normalized spacial score (nSPS) is 29.8. The summed E-state index contributed by atoms with van der Waals surface area (Å²) in [4.78, 5) is 0. The highest BCUT2D eigenvalue weighted by Gasteiger charge is 2.42. The van der Waals surface area contributed by atoms with E-state index in [0.717, 1.165) is 19.3 Å². The summed E-state index contributed by atoms with van der Waals surface area (Å²) in [5, 5.41) is 1.81. The van der Waals surface area contributed by atoms with Crippen LogP contribution in [0.4, 0.5) is 0 Å². The molecule has 1 fully saturated rings. The minimum atomic E-state index is -3.25. The third kappa shape index (κ3) is 1.46. The highest BCUT2D eigenvalue weighted by Crippen LogP contribution is 2.37. The van der Waals surface area contributed by atoms with E-state index >= 15 is 0 Å². The first-order chi connectivity index (χ1) is 7.69. The van der Waals surface area contributed by atoms with Crippen molar-refractivity contribution in [1.29, 1.82) is 0 Å². The Morgan fingerprint density at radius 2 is 2.25 bits per heavy atom. The second kappa shape index (κ2) is 3.68. The highest BCUT2D eigenvalue weighted by molar-refractivity contribution is 7.91. The number of hydrogen-bond acceptors (Lipinski definition) is 3. The molecule has 0 spiro atoms. The molecule has 0 aromatic carbocycles. The zero-order valence-corrected chi connectivity index (χ0v) is 10.4. The Labute approximate surface area is 99.4 Å². The predicted molar refractivity (Wildman–Crippen MR) is 63.9 cm³/mol. The van der Waals surface area contributed by atoms with Gasteiger partial charge in [0.2, 0.25) is 0 Å². The Morgan fingerprint density at radius 3 is 2.94 bits per heavy atom. The molecule has 0 radical (unpaired) electrons. The number of fused-ring (bicyclic) bond motifs is 2. The lowest BCUT2D eigenvalue weighted by Crippen LogP contribution is -2.41. The second-order valence-corrected chi connectivity index (χ2v) is 7.25. The summed E-state index contributed by atoms with van der Waals surface area (Å²) < 4.78 is 27.0. The molecular weight excluding hydrogens is 242 g/mol. The van der Waals surface area contributed by atoms with Crippen LogP contribution >= 0.6 is 11.3 Å². The molecule has 2 aliphatic heterocycles. The second-order valence-electron chi connectivity index (χ2n) is 4.23. The molecule has 0 unspecified atom stereocenters. The molecule has 2 atom stereocenters. The topological polar surface area (TPSA) is 37.4 Å². The summed E-state index contributed by atoms with van der Waals surface area (Å²) in [7, 11) is -3.25. The first kappa shape index (κ1) is 10.5. The summed E-state index contributed by atoms with van der Waals surface area (Å²) in [5.41, 5.74) is 0. The molecule has 0 N–H and O–H groups in total. The van der Waals surface area contributed by atoms with Crippen LogP contribution in [-0.4, -0.2) is 24.8 Å². The van der Waals surface area contributed by atoms with Crippen molar-refractivity contribution in [1.82, 2.24) is 4.31 Å². The molecule has 3 heterocycles. The van der Waals surface area contributed by atoms with E-state index in [1.807, 2.05) is 11.5 Å². The summed E-state index contributed by atoms with van der Waals surface area (Å²) in [6.07, 6.45) is 6.96. The van der Waals surface area contributed by atoms with Crippen molar-refractivity contribution in [3.63, 3.8) is 0 Å². The quantitative estimate of drug-likeness (QED) is 0.760. The molecule has 16 heavy (non-hydrogen) atoms. The van der Waals surface area contributed by atoms with Crippen LogP contribution in [0.3, 0.4) is 0 Å². The average molecular weight is 255 g/mol. The van der Waals surface area contributed by atoms with E-state index in [-0.39, 0.29) is 12.1 Å². The molecule has 2 bridgehead atoms. The van der Waals surface area contributed by atoms with Crippen molar-refractivity contribution in [3.8, 4) is 0 Å². The lowest BCUT2D eigenvalue weighted by molar-refractivity contribution is 0.342. The van der Waals surface area contributed by atoms with Crippen LogP contribution in [-0.2, 0) is 10.0 Å². The highest BCUT2D eigenvalue weighted by atomic mass is 32.2. The molecule has 86 valence electrons. The van der Waals surface area contributed by atoms with E-state index in [1.54, 1.807) is 16.4 Å². The van der Waals surface area contributed by atoms with Crippen LogP contribution in [0.2, 0.25) is 0 Å². The van der Waals surface area contributed by atoms with Gasteiger partial charge in [0.15, 0.2) is 0 Å². The fraction of sp³-hybridized carbons (Fsp3) is 0.455. The third-order valence-corrected chi connectivity index (χ3v) is 6.63. The van der Waals surface area contributed by atoms with Gasteiger partial charge in [-0.1, -0.05) is 18.2 Å². The SMILES string of the molecule is O=S(=O)(c1cccs1)N1[C@H]2CC=C[C@H]1CC2. The molecule has 1 saturated heterocycles. The molecule has 2 aliphatic rings. The van der Waals surface area contributed by atoms with Crippen LogP contribution < -0.4 is 0 Å². The standard InChI is InChI=1S/C11H13NO2S2/c13-16(14,11-5-2-8-15-11)12-9-3-1-4-10(12)7-6-9/h1-3,5,8-10H,4,6-7H2/t9-,10-/m0/s1. The molecule has 1 aromatic heterocycles. The largest absolute Gasteiger partial charge is 0.253 e. The van der Waals surface area contributed by atoms with Gasteiger partial charge in [0.1, 0.15) is 4.21 Å². The van der Waals surface area contributed by atoms with Crippen LogP contribution in [0.5, 0.6) is 0 Å². The molecule has 0 amide bonds. The van der Waals surface area contributed by atoms with Crippen LogP contribution in [0, 0.1) is 0 Å². The summed E-state index contributed by atoms with van der Waals surface area (Å²) >= 11 is 1.30. The fourth-order valence-corrected chi connectivity index (χ4v) is 5.51. The Hall–Kier alpha value is -0.650. The van der Waals surface area contributed by atoms with Crippen molar-refractivity contribution < 1.29 is 8.42 Å². The molecule has 0 saturated carbocycles. The Bertz CT molecular complexity index is 504. The number of thiophene rings is 1. The fourth-order valence-electron chi connectivity index (χ4n) is 2.57. The maximum Gasteiger partial charge on any atom is 0.253 e. The van der Waals surface area contributed by atoms with Gasteiger partial charge in [0.05, 0.1) is 0 Å². The van der Waals surface area contributed by atoms with Gasteiger partial charge in [-0.25, -0.2) is 8.42 Å². The molecule has 3 rings (SSSR count). The van der Waals surface area contributed by atoms with Gasteiger partial charge >= 0.3 is 0 Å². The van der Waals surface area contributed by atoms with E-state index in [1.165, 1.54) is 11.3 Å². The molecular formula is C11H13NO2S2. The molecule has 5 heteroatoms. The van der Waals surface area contributed by atoms with Crippen molar-refractivity contribution in [2.45, 2.75) is 35.6 Å². The Balaban J connectivity index is 2.03. The van der Waals surface area contributed by atoms with Crippen molar-refractivity contribution in [3.05, 3.63) is 29.7 Å². The van der Waals surface area contributed by atoms with Crippen molar-refractivity contribution >= 4 is 21.4 Å². The number of nitrogens with zero attached hydrogens (tertiary/aromatic N) is 1. The summed E-state index contributed by atoms with van der Waals surface area (Å²) in [6.45, 7) is 0. The summed E-state index contributed by atoms with van der Waals surface area (Å²) in [5.74, 6) is 0. The van der Waals surface area contributed by atoms with Gasteiger partial charge in [-0.3, -0.25) is 0 Å². The smallest absolute Gasteiger partial charge is 0.206 e.